The molecule has 1 aromatic carbocycles. The topological polar surface area (TPSA) is 108 Å². The van der Waals surface area contributed by atoms with Crippen molar-refractivity contribution in [1.29, 1.82) is 0 Å². The van der Waals surface area contributed by atoms with Crippen molar-refractivity contribution in [3.63, 3.8) is 0 Å². The lowest BCUT2D eigenvalue weighted by Gasteiger charge is -2.20. The van der Waals surface area contributed by atoms with Gasteiger partial charge in [-0.05, 0) is 36.9 Å². The molecule has 0 spiro atoms. The van der Waals surface area contributed by atoms with Gasteiger partial charge in [-0.25, -0.2) is 4.79 Å². The van der Waals surface area contributed by atoms with E-state index < -0.39 is 17.8 Å². The lowest BCUT2D eigenvalue weighted by atomic mass is 10.0. The van der Waals surface area contributed by atoms with Crippen LogP contribution in [-0.2, 0) is 16.1 Å². The second-order valence-corrected chi connectivity index (χ2v) is 5.49. The highest BCUT2D eigenvalue weighted by Gasteiger charge is 2.27. The van der Waals surface area contributed by atoms with Gasteiger partial charge < -0.3 is 9.84 Å². The number of aromatic hydroxyl groups is 1. The first-order chi connectivity index (χ1) is 11.9. The van der Waals surface area contributed by atoms with Crippen molar-refractivity contribution < 1.29 is 24.2 Å². The summed E-state index contributed by atoms with van der Waals surface area (Å²) in [5.74, 6) is -1.29. The van der Waals surface area contributed by atoms with Gasteiger partial charge in [0.2, 0.25) is 0 Å². The van der Waals surface area contributed by atoms with Crippen molar-refractivity contribution in [3.8, 4) is 11.5 Å². The first kappa shape index (κ1) is 18.5. The number of barbiturate groups is 1. The zero-order chi connectivity index (χ0) is 18.6. The van der Waals surface area contributed by atoms with Crippen LogP contribution in [0.15, 0.2) is 17.7 Å². The molecule has 25 heavy (non-hydrogen) atoms. The molecule has 1 fully saturated rings. The van der Waals surface area contributed by atoms with Gasteiger partial charge in [0.1, 0.15) is 5.57 Å². The highest BCUT2D eigenvalue weighted by atomic mass is 16.5. The number of hydrogen-bond donors (Lipinski definition) is 3. The minimum absolute atomic E-state index is 0.0178. The summed E-state index contributed by atoms with van der Waals surface area (Å²) in [4.78, 5) is 36.9. The molecule has 0 atom stereocenters. The third kappa shape index (κ3) is 4.16. The van der Waals surface area contributed by atoms with E-state index in [0.717, 1.165) is 13.1 Å². The second-order valence-electron chi connectivity index (χ2n) is 5.49. The molecule has 0 bridgehead atoms. The van der Waals surface area contributed by atoms with Crippen molar-refractivity contribution in [2.45, 2.75) is 20.4 Å². The van der Waals surface area contributed by atoms with Crippen LogP contribution in [0.5, 0.6) is 11.5 Å². The Morgan fingerprint density at radius 3 is 2.24 bits per heavy atom. The maximum atomic E-state index is 11.8. The summed E-state index contributed by atoms with van der Waals surface area (Å²) in [6.07, 6.45) is 1.35. The van der Waals surface area contributed by atoms with Crippen LogP contribution in [-0.4, -0.2) is 48.1 Å². The molecule has 4 amide bonds. The van der Waals surface area contributed by atoms with Gasteiger partial charge >= 0.3 is 6.03 Å². The Morgan fingerprint density at radius 1 is 1.12 bits per heavy atom. The summed E-state index contributed by atoms with van der Waals surface area (Å²) in [5.41, 5.74) is 0.926. The van der Waals surface area contributed by atoms with E-state index in [9.17, 15) is 19.5 Å². The van der Waals surface area contributed by atoms with Crippen molar-refractivity contribution in [1.82, 2.24) is 15.5 Å². The van der Waals surface area contributed by atoms with Crippen molar-refractivity contribution in [3.05, 3.63) is 28.8 Å². The number of carbonyl (C=O) groups is 3. The molecular weight excluding hydrogens is 326 g/mol. The molecule has 0 unspecified atom stereocenters. The summed E-state index contributed by atoms with van der Waals surface area (Å²) < 4.78 is 5.18. The van der Waals surface area contributed by atoms with E-state index >= 15 is 0 Å². The molecule has 8 nitrogen and oxygen atoms in total. The van der Waals surface area contributed by atoms with E-state index in [1.54, 1.807) is 6.07 Å². The fourth-order valence-corrected chi connectivity index (χ4v) is 2.51. The average Bonchev–Trinajstić information content (AvgIpc) is 2.57. The van der Waals surface area contributed by atoms with Gasteiger partial charge in [0.15, 0.2) is 11.5 Å². The Hall–Kier alpha value is -2.87. The summed E-state index contributed by atoms with van der Waals surface area (Å²) in [6.45, 7) is 6.12. The lowest BCUT2D eigenvalue weighted by Crippen LogP contribution is -2.51. The number of imide groups is 2. The minimum Gasteiger partial charge on any atom is -0.504 e. The summed E-state index contributed by atoms with van der Waals surface area (Å²) >= 11 is 0. The first-order valence-corrected chi connectivity index (χ1v) is 7.90. The summed E-state index contributed by atoms with van der Waals surface area (Å²) in [5, 5.41) is 14.4. The van der Waals surface area contributed by atoms with Gasteiger partial charge in [-0.1, -0.05) is 13.8 Å². The first-order valence-electron chi connectivity index (χ1n) is 7.90. The van der Waals surface area contributed by atoms with E-state index in [0.29, 0.717) is 17.7 Å². The van der Waals surface area contributed by atoms with Crippen LogP contribution in [0.1, 0.15) is 25.0 Å². The van der Waals surface area contributed by atoms with Crippen LogP contribution >= 0.6 is 0 Å². The number of phenolic OH excluding ortho intramolecular Hbond substituents is 1. The number of ether oxygens (including phenoxy) is 1. The van der Waals surface area contributed by atoms with Gasteiger partial charge in [0.05, 0.1) is 7.11 Å². The third-order valence-corrected chi connectivity index (χ3v) is 3.94. The molecular formula is C17H21N3O5. The molecule has 0 aliphatic carbocycles. The minimum atomic E-state index is -0.849. The predicted molar refractivity (Wildman–Crippen MR) is 90.9 cm³/mol. The molecule has 1 aromatic rings. The predicted octanol–water partition coefficient (Wildman–Crippen LogP) is 0.992. The normalized spacial score (nSPS) is 14.4. The van der Waals surface area contributed by atoms with E-state index in [2.05, 4.69) is 4.90 Å². The maximum absolute atomic E-state index is 11.8. The number of nitrogens with one attached hydrogen (secondary N) is 2. The zero-order valence-corrected chi connectivity index (χ0v) is 14.4. The molecule has 0 saturated carbocycles. The van der Waals surface area contributed by atoms with E-state index in [-0.39, 0.29) is 17.1 Å². The number of amides is 4. The highest BCUT2D eigenvalue weighted by Crippen LogP contribution is 2.33. The fourth-order valence-electron chi connectivity index (χ4n) is 2.51. The Balaban J connectivity index is 2.44. The molecule has 0 aromatic heterocycles. The lowest BCUT2D eigenvalue weighted by molar-refractivity contribution is -0.123. The number of nitrogens with zero attached hydrogens (tertiary/aromatic N) is 1. The van der Waals surface area contributed by atoms with Gasteiger partial charge in [-0.3, -0.25) is 25.1 Å². The molecule has 1 heterocycles. The van der Waals surface area contributed by atoms with Crippen molar-refractivity contribution in [2.75, 3.05) is 20.2 Å². The molecule has 1 saturated heterocycles. The smallest absolute Gasteiger partial charge is 0.328 e. The van der Waals surface area contributed by atoms with Crippen molar-refractivity contribution in [2.24, 2.45) is 0 Å². The van der Waals surface area contributed by atoms with Crippen LogP contribution in [0.2, 0.25) is 0 Å². The summed E-state index contributed by atoms with van der Waals surface area (Å²) in [7, 11) is 1.42. The van der Waals surface area contributed by atoms with Gasteiger partial charge in [-0.2, -0.15) is 0 Å². The highest BCUT2D eigenvalue weighted by molar-refractivity contribution is 6.31. The Kier molecular flexibility index (Phi) is 5.76. The van der Waals surface area contributed by atoms with Gasteiger partial charge in [-0.15, -0.1) is 0 Å². The van der Waals surface area contributed by atoms with Crippen LogP contribution in [0, 0.1) is 0 Å². The number of methoxy groups -OCH3 is 1. The standard InChI is InChI=1S/C17H21N3O5/c1-4-20(5-2)9-11-6-10(8-13(25-3)14(11)21)7-12-15(22)18-17(24)19-16(12)23/h6-8,21H,4-5,9H2,1-3H3,(H2,18,19,22,23,24). The number of carbonyl (C=O) groups excluding carboxylic acids is 3. The average molecular weight is 347 g/mol. The summed E-state index contributed by atoms with van der Waals surface area (Å²) in [6, 6.07) is 2.35. The monoisotopic (exact) mass is 347 g/mol. The van der Waals surface area contributed by atoms with Crippen LogP contribution < -0.4 is 15.4 Å². The molecule has 0 radical (unpaired) electrons. The van der Waals surface area contributed by atoms with E-state index in [1.165, 1.54) is 19.3 Å². The van der Waals surface area contributed by atoms with Crippen molar-refractivity contribution >= 4 is 23.9 Å². The zero-order valence-electron chi connectivity index (χ0n) is 14.4. The Morgan fingerprint density at radius 2 is 1.72 bits per heavy atom. The molecule has 134 valence electrons. The number of phenols is 1. The quantitative estimate of drug-likeness (QED) is 0.523. The Labute approximate surface area is 145 Å². The second kappa shape index (κ2) is 7.80. The van der Waals surface area contributed by atoms with Crippen LogP contribution in [0.4, 0.5) is 4.79 Å². The van der Waals surface area contributed by atoms with E-state index in [4.69, 9.17) is 4.74 Å². The molecule has 2 rings (SSSR count). The molecule has 1 aliphatic heterocycles. The maximum Gasteiger partial charge on any atom is 0.328 e. The number of hydrogen-bond acceptors (Lipinski definition) is 6. The largest absolute Gasteiger partial charge is 0.504 e. The van der Waals surface area contributed by atoms with Gasteiger partial charge in [0, 0.05) is 12.1 Å². The number of urea groups is 1. The number of benzene rings is 1. The van der Waals surface area contributed by atoms with E-state index in [1.807, 2.05) is 24.5 Å². The fraction of sp³-hybridized carbons (Fsp3) is 0.353. The molecule has 3 N–H and O–H groups in total. The molecule has 8 heteroatoms. The van der Waals surface area contributed by atoms with Gasteiger partial charge in [0.25, 0.3) is 11.8 Å². The third-order valence-electron chi connectivity index (χ3n) is 3.94. The van der Waals surface area contributed by atoms with Crippen LogP contribution in [0.3, 0.4) is 0 Å². The number of rotatable bonds is 6. The Bertz CT molecular complexity index is 716. The van der Waals surface area contributed by atoms with Crippen LogP contribution in [0.25, 0.3) is 6.08 Å². The SMILES string of the molecule is CCN(CC)Cc1cc(C=C2C(=O)NC(=O)NC2=O)cc(OC)c1O. The molecule has 1 aliphatic rings.